The number of halogens is 1. The maximum atomic E-state index is 13.2. The van der Waals surface area contributed by atoms with Crippen molar-refractivity contribution in [3.8, 4) is 28.4 Å². The number of para-hydroxylation sites is 1. The molecule has 0 saturated carbocycles. The van der Waals surface area contributed by atoms with Crippen molar-refractivity contribution in [1.29, 1.82) is 0 Å². The van der Waals surface area contributed by atoms with Crippen LogP contribution in [0.25, 0.3) is 28.0 Å². The van der Waals surface area contributed by atoms with E-state index in [-0.39, 0.29) is 17.9 Å². The summed E-state index contributed by atoms with van der Waals surface area (Å²) in [6.45, 7) is 0.263. The summed E-state index contributed by atoms with van der Waals surface area (Å²) in [5, 5.41) is 8.81. The van der Waals surface area contributed by atoms with Gasteiger partial charge in [0.05, 0.1) is 19.9 Å². The molecule has 5 rings (SSSR count). The second kappa shape index (κ2) is 9.34. The van der Waals surface area contributed by atoms with Crippen LogP contribution in [-0.2, 0) is 6.54 Å². The topological polar surface area (TPSA) is 81.2 Å². The van der Waals surface area contributed by atoms with E-state index in [9.17, 15) is 9.18 Å². The third-order valence-corrected chi connectivity index (χ3v) is 5.75. The Balaban J connectivity index is 1.64. The Morgan fingerprint density at radius 1 is 0.943 bits per heavy atom. The highest BCUT2D eigenvalue weighted by Gasteiger charge is 2.18. The summed E-state index contributed by atoms with van der Waals surface area (Å²) in [7, 11) is 3.17. The van der Waals surface area contributed by atoms with Gasteiger partial charge in [0.15, 0.2) is 11.5 Å². The molecule has 5 aromatic rings. The number of benzene rings is 3. The predicted molar refractivity (Wildman–Crippen MR) is 134 cm³/mol. The number of nitrogens with zero attached hydrogens (tertiary/aromatic N) is 2. The molecule has 2 aromatic heterocycles. The molecule has 8 heteroatoms. The second-order valence-electron chi connectivity index (χ2n) is 7.91. The van der Waals surface area contributed by atoms with Crippen molar-refractivity contribution >= 4 is 16.7 Å². The van der Waals surface area contributed by atoms with Gasteiger partial charge in [0.1, 0.15) is 17.2 Å². The van der Waals surface area contributed by atoms with Crippen molar-refractivity contribution in [2.75, 3.05) is 19.5 Å². The van der Waals surface area contributed by atoms with Gasteiger partial charge in [-0.05, 0) is 60.7 Å². The molecule has 35 heavy (non-hydrogen) atoms. The van der Waals surface area contributed by atoms with Crippen molar-refractivity contribution in [3.63, 3.8) is 0 Å². The zero-order chi connectivity index (χ0) is 24.4. The quantitative estimate of drug-likeness (QED) is 0.344. The Bertz CT molecular complexity index is 1540. The van der Waals surface area contributed by atoms with Crippen LogP contribution in [0.5, 0.6) is 11.5 Å². The average Bonchev–Trinajstić information content (AvgIpc) is 3.26. The molecule has 0 fully saturated rings. The van der Waals surface area contributed by atoms with E-state index >= 15 is 0 Å². The molecule has 0 saturated heterocycles. The zero-order valence-electron chi connectivity index (χ0n) is 19.2. The van der Waals surface area contributed by atoms with Crippen molar-refractivity contribution in [1.82, 2.24) is 14.8 Å². The van der Waals surface area contributed by atoms with Crippen LogP contribution in [0.3, 0.4) is 0 Å². The summed E-state index contributed by atoms with van der Waals surface area (Å²) in [6.07, 6.45) is 0. The number of pyridine rings is 1. The maximum Gasteiger partial charge on any atom is 0.254 e. The summed E-state index contributed by atoms with van der Waals surface area (Å²) < 4.78 is 25.8. The van der Waals surface area contributed by atoms with Crippen LogP contribution in [0.15, 0.2) is 83.7 Å². The maximum absolute atomic E-state index is 13.2. The minimum atomic E-state index is -0.317. The second-order valence-corrected chi connectivity index (χ2v) is 7.91. The van der Waals surface area contributed by atoms with Gasteiger partial charge < -0.3 is 19.8 Å². The molecule has 2 N–H and O–H groups in total. The number of hydrogen-bond donors (Lipinski definition) is 2. The summed E-state index contributed by atoms with van der Waals surface area (Å²) in [5.41, 5.74) is 3.90. The monoisotopic (exact) mass is 470 g/mol. The number of anilines is 1. The van der Waals surface area contributed by atoms with E-state index in [0.717, 1.165) is 16.6 Å². The Labute approximate surface area is 200 Å². The number of aromatic nitrogens is 3. The SMILES string of the molecule is COc1ccc(-c2nn(-c3ccccc3)c3[nH]c(=O)c(CNc4ccc(F)cc4)cc23)cc1OC. The molecule has 0 radical (unpaired) electrons. The third-order valence-electron chi connectivity index (χ3n) is 5.75. The molecule has 0 aliphatic heterocycles. The number of H-pyrrole nitrogens is 1. The first kappa shape index (κ1) is 22.2. The molecule has 176 valence electrons. The number of nitrogens with one attached hydrogen (secondary N) is 2. The van der Waals surface area contributed by atoms with E-state index in [0.29, 0.717) is 34.1 Å². The highest BCUT2D eigenvalue weighted by Crippen LogP contribution is 2.35. The summed E-state index contributed by atoms with van der Waals surface area (Å²) >= 11 is 0. The third kappa shape index (κ3) is 4.33. The summed E-state index contributed by atoms with van der Waals surface area (Å²) in [5.74, 6) is 0.874. The molecular formula is C27H23FN4O3. The van der Waals surface area contributed by atoms with Gasteiger partial charge in [-0.3, -0.25) is 4.79 Å². The van der Waals surface area contributed by atoms with Crippen LogP contribution in [0.2, 0.25) is 0 Å². The average molecular weight is 471 g/mol. The highest BCUT2D eigenvalue weighted by molar-refractivity contribution is 5.93. The highest BCUT2D eigenvalue weighted by atomic mass is 19.1. The Morgan fingerprint density at radius 3 is 2.40 bits per heavy atom. The lowest BCUT2D eigenvalue weighted by atomic mass is 10.1. The molecule has 2 heterocycles. The van der Waals surface area contributed by atoms with Gasteiger partial charge in [0, 0.05) is 28.7 Å². The minimum Gasteiger partial charge on any atom is -0.493 e. The van der Waals surface area contributed by atoms with Crippen LogP contribution >= 0.6 is 0 Å². The predicted octanol–water partition coefficient (Wildman–Crippen LogP) is 5.15. The standard InChI is InChI=1S/C27H23FN4O3/c1-34-23-13-8-17(15-24(23)35-2)25-22-14-18(16-29-20-11-9-19(28)10-12-20)27(33)30-26(22)32(31-25)21-6-4-3-5-7-21/h3-15,29H,16H2,1-2H3,(H,30,33). The lowest BCUT2D eigenvalue weighted by Gasteiger charge is -2.09. The Kier molecular flexibility index (Phi) is 5.93. The van der Waals surface area contributed by atoms with Crippen LogP contribution in [0.1, 0.15) is 5.56 Å². The van der Waals surface area contributed by atoms with E-state index in [1.807, 2.05) is 54.6 Å². The lowest BCUT2D eigenvalue weighted by Crippen LogP contribution is -2.16. The molecule has 0 aliphatic carbocycles. The van der Waals surface area contributed by atoms with Gasteiger partial charge in [-0.2, -0.15) is 5.10 Å². The first-order valence-electron chi connectivity index (χ1n) is 11.0. The van der Waals surface area contributed by atoms with Gasteiger partial charge in [-0.25, -0.2) is 9.07 Å². The molecule has 0 spiro atoms. The lowest BCUT2D eigenvalue weighted by molar-refractivity contribution is 0.355. The molecule has 0 bridgehead atoms. The molecule has 0 atom stereocenters. The van der Waals surface area contributed by atoms with E-state index in [4.69, 9.17) is 14.6 Å². The van der Waals surface area contributed by atoms with Crippen molar-refractivity contribution in [2.45, 2.75) is 6.54 Å². The smallest absolute Gasteiger partial charge is 0.254 e. The van der Waals surface area contributed by atoms with E-state index in [2.05, 4.69) is 10.3 Å². The Morgan fingerprint density at radius 2 is 1.69 bits per heavy atom. The van der Waals surface area contributed by atoms with Gasteiger partial charge in [-0.15, -0.1) is 0 Å². The molecule has 7 nitrogen and oxygen atoms in total. The Hall–Kier alpha value is -4.59. The van der Waals surface area contributed by atoms with E-state index in [1.54, 1.807) is 31.0 Å². The van der Waals surface area contributed by atoms with Crippen LogP contribution in [-0.4, -0.2) is 29.0 Å². The molecule has 3 aromatic carbocycles. The van der Waals surface area contributed by atoms with E-state index in [1.165, 1.54) is 12.1 Å². The number of fused-ring (bicyclic) bond motifs is 1. The molecular weight excluding hydrogens is 447 g/mol. The molecule has 0 aliphatic rings. The van der Waals surface area contributed by atoms with E-state index < -0.39 is 0 Å². The number of aromatic amines is 1. The first-order chi connectivity index (χ1) is 17.1. The van der Waals surface area contributed by atoms with Gasteiger partial charge in [-0.1, -0.05) is 18.2 Å². The molecule has 0 unspecified atom stereocenters. The summed E-state index contributed by atoms with van der Waals surface area (Å²) in [6, 6.07) is 23.0. The number of methoxy groups -OCH3 is 2. The van der Waals surface area contributed by atoms with Crippen molar-refractivity contribution in [2.24, 2.45) is 0 Å². The minimum absolute atomic E-state index is 0.233. The van der Waals surface area contributed by atoms with Crippen LogP contribution in [0, 0.1) is 5.82 Å². The van der Waals surface area contributed by atoms with Crippen molar-refractivity contribution in [3.05, 3.63) is 101 Å². The fourth-order valence-electron chi connectivity index (χ4n) is 3.96. The van der Waals surface area contributed by atoms with Gasteiger partial charge in [0.2, 0.25) is 0 Å². The summed E-state index contributed by atoms with van der Waals surface area (Å²) in [4.78, 5) is 16.0. The van der Waals surface area contributed by atoms with Crippen LogP contribution in [0.4, 0.5) is 10.1 Å². The number of hydrogen-bond acceptors (Lipinski definition) is 5. The molecule has 0 amide bonds. The van der Waals surface area contributed by atoms with Gasteiger partial charge in [0.25, 0.3) is 5.56 Å². The zero-order valence-corrected chi connectivity index (χ0v) is 19.2. The fourth-order valence-corrected chi connectivity index (χ4v) is 3.96. The largest absolute Gasteiger partial charge is 0.493 e. The number of rotatable bonds is 7. The number of ether oxygens (including phenoxy) is 2. The van der Waals surface area contributed by atoms with Crippen molar-refractivity contribution < 1.29 is 13.9 Å². The van der Waals surface area contributed by atoms with Crippen LogP contribution < -0.4 is 20.3 Å². The normalized spacial score (nSPS) is 10.9. The first-order valence-corrected chi connectivity index (χ1v) is 11.0. The fraction of sp³-hybridized carbons (Fsp3) is 0.111. The van der Waals surface area contributed by atoms with Gasteiger partial charge >= 0.3 is 0 Å².